The van der Waals surface area contributed by atoms with E-state index in [-0.39, 0.29) is 0 Å². The zero-order chi connectivity index (χ0) is 13.9. The number of aliphatic imine (C=N–C) groups is 1. The molecule has 0 aliphatic carbocycles. The molecule has 1 aliphatic heterocycles. The van der Waals surface area contributed by atoms with Crippen LogP contribution in [0.5, 0.6) is 0 Å². The van der Waals surface area contributed by atoms with E-state index in [1.807, 2.05) is 7.05 Å². The van der Waals surface area contributed by atoms with Crippen molar-refractivity contribution in [3.05, 3.63) is 0 Å². The summed E-state index contributed by atoms with van der Waals surface area (Å²) in [7, 11) is 1.84. The second-order valence-corrected chi connectivity index (χ2v) is 5.86. The summed E-state index contributed by atoms with van der Waals surface area (Å²) in [6.45, 7) is 10.4. The molecule has 1 fully saturated rings. The van der Waals surface area contributed by atoms with Crippen LogP contribution in [0.4, 0.5) is 0 Å². The number of rotatable bonds is 8. The maximum absolute atomic E-state index is 4.24. The predicted octanol–water partition coefficient (Wildman–Crippen LogP) is 2.07. The van der Waals surface area contributed by atoms with Crippen molar-refractivity contribution in [3.8, 4) is 0 Å². The summed E-state index contributed by atoms with van der Waals surface area (Å²) in [5.74, 6) is 1.69. The van der Waals surface area contributed by atoms with E-state index >= 15 is 0 Å². The summed E-state index contributed by atoms with van der Waals surface area (Å²) in [5.41, 5.74) is 0. The van der Waals surface area contributed by atoms with Gasteiger partial charge in [-0.3, -0.25) is 4.99 Å². The summed E-state index contributed by atoms with van der Waals surface area (Å²) in [6.07, 6.45) is 6.49. The zero-order valence-corrected chi connectivity index (χ0v) is 13.0. The molecule has 0 aromatic heterocycles. The van der Waals surface area contributed by atoms with Crippen molar-refractivity contribution in [3.63, 3.8) is 0 Å². The van der Waals surface area contributed by atoms with Crippen molar-refractivity contribution in [2.45, 2.75) is 46.0 Å². The molecule has 2 N–H and O–H groups in total. The third-order valence-corrected chi connectivity index (χ3v) is 3.63. The van der Waals surface area contributed by atoms with Gasteiger partial charge >= 0.3 is 0 Å². The smallest absolute Gasteiger partial charge is 0.190 e. The minimum atomic E-state index is 0.742. The molecule has 19 heavy (non-hydrogen) atoms. The average molecular weight is 268 g/mol. The molecule has 1 rings (SSSR count). The van der Waals surface area contributed by atoms with Crippen LogP contribution in [0.1, 0.15) is 46.0 Å². The molecule has 1 saturated heterocycles. The van der Waals surface area contributed by atoms with Crippen LogP contribution < -0.4 is 10.6 Å². The van der Waals surface area contributed by atoms with Crippen LogP contribution in [-0.2, 0) is 0 Å². The van der Waals surface area contributed by atoms with Crippen LogP contribution in [0.2, 0.25) is 0 Å². The Kier molecular flexibility index (Phi) is 8.63. The van der Waals surface area contributed by atoms with E-state index in [1.165, 1.54) is 51.7 Å². The lowest BCUT2D eigenvalue weighted by Gasteiger charge is -2.15. The Labute approximate surface area is 119 Å². The van der Waals surface area contributed by atoms with Crippen molar-refractivity contribution in [2.24, 2.45) is 10.9 Å². The highest BCUT2D eigenvalue weighted by Crippen LogP contribution is 2.07. The van der Waals surface area contributed by atoms with Gasteiger partial charge in [-0.15, -0.1) is 0 Å². The van der Waals surface area contributed by atoms with Gasteiger partial charge in [0.15, 0.2) is 5.96 Å². The summed E-state index contributed by atoms with van der Waals surface area (Å²) >= 11 is 0. The van der Waals surface area contributed by atoms with Crippen molar-refractivity contribution in [1.82, 2.24) is 15.5 Å². The third-order valence-electron chi connectivity index (χ3n) is 3.63. The Hall–Kier alpha value is -0.770. The van der Waals surface area contributed by atoms with Crippen LogP contribution >= 0.6 is 0 Å². The maximum atomic E-state index is 4.24. The fraction of sp³-hybridized carbons (Fsp3) is 0.933. The quantitative estimate of drug-likeness (QED) is 0.402. The van der Waals surface area contributed by atoms with E-state index in [2.05, 4.69) is 34.4 Å². The lowest BCUT2D eigenvalue weighted by molar-refractivity contribution is 0.330. The molecule has 0 saturated carbocycles. The number of unbranched alkanes of at least 4 members (excludes halogenated alkanes) is 1. The van der Waals surface area contributed by atoms with Gasteiger partial charge in [-0.05, 0) is 57.7 Å². The predicted molar refractivity (Wildman–Crippen MR) is 83.7 cm³/mol. The molecule has 0 atom stereocenters. The highest BCUT2D eigenvalue weighted by Gasteiger charge is 2.09. The van der Waals surface area contributed by atoms with E-state index in [4.69, 9.17) is 0 Å². The highest BCUT2D eigenvalue weighted by molar-refractivity contribution is 5.79. The van der Waals surface area contributed by atoms with Gasteiger partial charge in [-0.25, -0.2) is 0 Å². The highest BCUT2D eigenvalue weighted by atomic mass is 15.2. The van der Waals surface area contributed by atoms with E-state index < -0.39 is 0 Å². The van der Waals surface area contributed by atoms with Gasteiger partial charge in [0.2, 0.25) is 0 Å². The first kappa shape index (κ1) is 16.3. The Balaban J connectivity index is 1.96. The molecule has 0 unspecified atom stereocenters. The van der Waals surface area contributed by atoms with Crippen molar-refractivity contribution in [2.75, 3.05) is 39.8 Å². The minimum Gasteiger partial charge on any atom is -0.356 e. The summed E-state index contributed by atoms with van der Waals surface area (Å²) in [5, 5.41) is 6.75. The molecular weight excluding hydrogens is 236 g/mol. The van der Waals surface area contributed by atoms with Crippen LogP contribution in [-0.4, -0.2) is 50.6 Å². The monoisotopic (exact) mass is 268 g/mol. The van der Waals surface area contributed by atoms with Gasteiger partial charge in [0.25, 0.3) is 0 Å². The van der Waals surface area contributed by atoms with Crippen LogP contribution in [0.25, 0.3) is 0 Å². The van der Waals surface area contributed by atoms with E-state index in [9.17, 15) is 0 Å². The van der Waals surface area contributed by atoms with Crippen molar-refractivity contribution < 1.29 is 0 Å². The number of hydrogen-bond donors (Lipinski definition) is 2. The minimum absolute atomic E-state index is 0.742. The van der Waals surface area contributed by atoms with Gasteiger partial charge in [-0.1, -0.05) is 13.8 Å². The molecule has 0 bridgehead atoms. The normalized spacial score (nSPS) is 17.2. The number of nitrogens with one attached hydrogen (secondary N) is 2. The van der Waals surface area contributed by atoms with Gasteiger partial charge in [0.1, 0.15) is 0 Å². The third kappa shape index (κ3) is 8.09. The first-order chi connectivity index (χ1) is 9.22. The van der Waals surface area contributed by atoms with Gasteiger partial charge in [0, 0.05) is 20.1 Å². The molecular formula is C15H32N4. The zero-order valence-electron chi connectivity index (χ0n) is 13.0. The molecule has 1 heterocycles. The molecule has 1 aliphatic rings. The van der Waals surface area contributed by atoms with Crippen LogP contribution in [0.3, 0.4) is 0 Å². The largest absolute Gasteiger partial charge is 0.356 e. The molecule has 112 valence electrons. The lowest BCUT2D eigenvalue weighted by Crippen LogP contribution is -2.38. The fourth-order valence-corrected chi connectivity index (χ4v) is 2.37. The Bertz CT molecular complexity index is 245. The number of likely N-dealkylation sites (tertiary alicyclic amines) is 1. The van der Waals surface area contributed by atoms with Crippen LogP contribution in [0.15, 0.2) is 4.99 Å². The van der Waals surface area contributed by atoms with E-state index in [1.54, 1.807) is 0 Å². The summed E-state index contributed by atoms with van der Waals surface area (Å²) in [6, 6.07) is 0. The molecule has 0 aromatic rings. The summed E-state index contributed by atoms with van der Waals surface area (Å²) in [4.78, 5) is 6.82. The topological polar surface area (TPSA) is 39.7 Å². The standard InChI is InChI=1S/C15H32N4/c1-14(2)8-10-18-15(16-3)17-9-4-5-11-19-12-6-7-13-19/h14H,4-13H2,1-3H3,(H2,16,17,18). The molecule has 4 heteroatoms. The number of nitrogens with zero attached hydrogens (tertiary/aromatic N) is 2. The number of guanidine groups is 1. The molecule has 0 aromatic carbocycles. The lowest BCUT2D eigenvalue weighted by atomic mass is 10.1. The first-order valence-corrected chi connectivity index (χ1v) is 7.89. The second kappa shape index (κ2) is 10.1. The van der Waals surface area contributed by atoms with Gasteiger partial charge < -0.3 is 15.5 Å². The Morgan fingerprint density at radius 1 is 1.11 bits per heavy atom. The Morgan fingerprint density at radius 3 is 2.42 bits per heavy atom. The fourth-order valence-electron chi connectivity index (χ4n) is 2.37. The van der Waals surface area contributed by atoms with E-state index in [0.717, 1.165) is 25.0 Å². The Morgan fingerprint density at radius 2 is 1.79 bits per heavy atom. The van der Waals surface area contributed by atoms with Crippen molar-refractivity contribution in [1.29, 1.82) is 0 Å². The van der Waals surface area contributed by atoms with E-state index in [0.29, 0.717) is 0 Å². The van der Waals surface area contributed by atoms with Crippen LogP contribution in [0, 0.1) is 5.92 Å². The molecule has 0 radical (unpaired) electrons. The molecule has 0 spiro atoms. The van der Waals surface area contributed by atoms with Gasteiger partial charge in [0.05, 0.1) is 0 Å². The SMILES string of the molecule is CN=C(NCCCCN1CCCC1)NCCC(C)C. The second-order valence-electron chi connectivity index (χ2n) is 5.86. The first-order valence-electron chi connectivity index (χ1n) is 7.89. The number of hydrogen-bond acceptors (Lipinski definition) is 2. The van der Waals surface area contributed by atoms with Crippen molar-refractivity contribution >= 4 is 5.96 Å². The van der Waals surface area contributed by atoms with Gasteiger partial charge in [-0.2, -0.15) is 0 Å². The molecule has 0 amide bonds. The summed E-state index contributed by atoms with van der Waals surface area (Å²) < 4.78 is 0. The molecule has 4 nitrogen and oxygen atoms in total. The maximum Gasteiger partial charge on any atom is 0.190 e. The average Bonchev–Trinajstić information content (AvgIpc) is 2.89.